The highest BCUT2D eigenvalue weighted by Gasteiger charge is 2.33. The highest BCUT2D eigenvalue weighted by atomic mass is 16.5. The Morgan fingerprint density at radius 2 is 2.17 bits per heavy atom. The van der Waals surface area contributed by atoms with E-state index in [1.807, 2.05) is 0 Å². The highest BCUT2D eigenvalue weighted by molar-refractivity contribution is 5.93. The predicted octanol–water partition coefficient (Wildman–Crippen LogP) is -1.06. The maximum Gasteiger partial charge on any atom is 0.328 e. The maximum atomic E-state index is 12.3. The second kappa shape index (κ2) is 6.32. The fourth-order valence-electron chi connectivity index (χ4n) is 2.34. The van der Waals surface area contributed by atoms with E-state index in [1.165, 1.54) is 15.8 Å². The van der Waals surface area contributed by atoms with Gasteiger partial charge in [-0.15, -0.1) is 5.10 Å². The predicted molar refractivity (Wildman–Crippen MR) is 75.3 cm³/mol. The molecule has 3 rings (SSSR count). The third kappa shape index (κ3) is 3.65. The number of carbonyl (C=O) groups is 3. The second-order valence-electron chi connectivity index (χ2n) is 5.58. The fourth-order valence-corrected chi connectivity index (χ4v) is 2.34. The number of ether oxygens (including phenoxy) is 1. The minimum Gasteiger partial charge on any atom is -0.480 e. The summed E-state index contributed by atoms with van der Waals surface area (Å²) in [4.78, 5) is 36.3. The summed E-state index contributed by atoms with van der Waals surface area (Å²) in [5.74, 6) is -1.25. The van der Waals surface area contributed by atoms with Crippen molar-refractivity contribution in [2.45, 2.75) is 25.4 Å². The Morgan fingerprint density at radius 3 is 2.87 bits per heavy atom. The summed E-state index contributed by atoms with van der Waals surface area (Å²) < 4.78 is 6.37. The molecule has 1 atom stereocenters. The molecular weight excluding hydrogens is 306 g/mol. The number of hydrogen-bond donors (Lipinski definition) is 2. The summed E-state index contributed by atoms with van der Waals surface area (Å²) in [6.07, 6.45) is 3.21. The van der Waals surface area contributed by atoms with Crippen molar-refractivity contribution in [1.82, 2.24) is 19.9 Å². The summed E-state index contributed by atoms with van der Waals surface area (Å²) in [7, 11) is 0. The molecule has 2 fully saturated rings. The smallest absolute Gasteiger partial charge is 0.328 e. The van der Waals surface area contributed by atoms with Gasteiger partial charge in [-0.05, 0) is 12.8 Å². The number of amides is 2. The molecule has 1 aromatic heterocycles. The normalized spacial score (nSPS) is 21.0. The molecule has 1 saturated carbocycles. The van der Waals surface area contributed by atoms with Gasteiger partial charge in [0, 0.05) is 12.5 Å². The number of aliphatic carboxylic acids is 1. The lowest BCUT2D eigenvalue weighted by Crippen LogP contribution is -2.53. The van der Waals surface area contributed by atoms with Crippen LogP contribution in [0, 0.1) is 5.92 Å². The van der Waals surface area contributed by atoms with Gasteiger partial charge in [0.05, 0.1) is 19.4 Å². The molecule has 1 aliphatic heterocycles. The molecule has 1 aliphatic carbocycles. The van der Waals surface area contributed by atoms with Gasteiger partial charge < -0.3 is 20.1 Å². The van der Waals surface area contributed by atoms with Crippen molar-refractivity contribution in [2.75, 3.05) is 25.1 Å². The monoisotopic (exact) mass is 323 g/mol. The van der Waals surface area contributed by atoms with Gasteiger partial charge in [-0.3, -0.25) is 9.59 Å². The molecule has 1 saturated heterocycles. The van der Waals surface area contributed by atoms with Crippen LogP contribution < -0.4 is 5.32 Å². The van der Waals surface area contributed by atoms with Gasteiger partial charge >= 0.3 is 5.97 Å². The molecule has 23 heavy (non-hydrogen) atoms. The average Bonchev–Trinajstić information content (AvgIpc) is 3.30. The SMILES string of the molecule is O=C(Nc1cn(CC(=O)N2CCOCC2C(=O)O)nn1)C1CC1. The van der Waals surface area contributed by atoms with Gasteiger partial charge in [-0.1, -0.05) is 5.21 Å². The lowest BCUT2D eigenvalue weighted by atomic mass is 10.2. The molecule has 2 N–H and O–H groups in total. The van der Waals surface area contributed by atoms with E-state index in [9.17, 15) is 14.4 Å². The summed E-state index contributed by atoms with van der Waals surface area (Å²) in [6.45, 7) is 0.350. The molecule has 2 heterocycles. The van der Waals surface area contributed by atoms with Crippen LogP contribution in [0.15, 0.2) is 6.20 Å². The van der Waals surface area contributed by atoms with Crippen LogP contribution in [-0.2, 0) is 25.7 Å². The summed E-state index contributed by atoms with van der Waals surface area (Å²) >= 11 is 0. The van der Waals surface area contributed by atoms with Gasteiger partial charge in [-0.2, -0.15) is 0 Å². The van der Waals surface area contributed by atoms with E-state index in [1.54, 1.807) is 0 Å². The largest absolute Gasteiger partial charge is 0.480 e. The van der Waals surface area contributed by atoms with E-state index in [4.69, 9.17) is 9.84 Å². The van der Waals surface area contributed by atoms with E-state index in [0.29, 0.717) is 6.61 Å². The number of rotatable bonds is 5. The molecular formula is C13H17N5O5. The van der Waals surface area contributed by atoms with Crippen molar-refractivity contribution in [3.05, 3.63) is 6.20 Å². The average molecular weight is 323 g/mol. The van der Waals surface area contributed by atoms with Crippen LogP contribution in [0.3, 0.4) is 0 Å². The Hall–Kier alpha value is -2.49. The van der Waals surface area contributed by atoms with E-state index in [0.717, 1.165) is 12.8 Å². The molecule has 0 radical (unpaired) electrons. The Bertz CT molecular complexity index is 626. The van der Waals surface area contributed by atoms with Crippen molar-refractivity contribution in [2.24, 2.45) is 5.92 Å². The summed E-state index contributed by atoms with van der Waals surface area (Å²) in [6, 6.07) is -0.992. The Labute approximate surface area is 131 Å². The molecule has 2 aliphatic rings. The van der Waals surface area contributed by atoms with Crippen LogP contribution in [0.5, 0.6) is 0 Å². The number of morpholine rings is 1. The molecule has 124 valence electrons. The summed E-state index contributed by atoms with van der Waals surface area (Å²) in [5.41, 5.74) is 0. The Kier molecular flexibility index (Phi) is 4.24. The van der Waals surface area contributed by atoms with Crippen LogP contribution in [0.4, 0.5) is 5.82 Å². The number of hydrogen-bond acceptors (Lipinski definition) is 6. The molecule has 2 amide bonds. The minimum absolute atomic E-state index is 0.0267. The quantitative estimate of drug-likeness (QED) is 0.707. The minimum atomic E-state index is -1.10. The molecule has 10 heteroatoms. The van der Waals surface area contributed by atoms with E-state index in [2.05, 4.69) is 15.6 Å². The van der Waals surface area contributed by atoms with E-state index < -0.39 is 12.0 Å². The zero-order valence-corrected chi connectivity index (χ0v) is 12.3. The van der Waals surface area contributed by atoms with Gasteiger partial charge in [0.1, 0.15) is 6.54 Å². The zero-order chi connectivity index (χ0) is 16.4. The molecule has 0 spiro atoms. The van der Waals surface area contributed by atoms with Crippen molar-refractivity contribution < 1.29 is 24.2 Å². The van der Waals surface area contributed by atoms with Crippen LogP contribution in [0.1, 0.15) is 12.8 Å². The maximum absolute atomic E-state index is 12.3. The number of carboxylic acid groups (broad SMARTS) is 1. The molecule has 10 nitrogen and oxygen atoms in total. The highest BCUT2D eigenvalue weighted by Crippen LogP contribution is 2.29. The first-order chi connectivity index (χ1) is 11.0. The zero-order valence-electron chi connectivity index (χ0n) is 12.3. The third-order valence-electron chi connectivity index (χ3n) is 3.77. The standard InChI is InChI=1S/C13H17N5O5/c19-11(18-3-4-23-7-9(18)13(21)22)6-17-5-10(15-16-17)14-12(20)8-1-2-8/h5,8-9H,1-4,6-7H2,(H,14,20)(H,21,22). The third-order valence-corrected chi connectivity index (χ3v) is 3.77. The number of carboxylic acids is 1. The molecule has 1 unspecified atom stereocenters. The summed E-state index contributed by atoms with van der Waals surface area (Å²) in [5, 5.41) is 19.3. The first-order valence-electron chi connectivity index (χ1n) is 7.35. The van der Waals surface area contributed by atoms with Crippen molar-refractivity contribution in [3.8, 4) is 0 Å². The number of nitrogens with zero attached hydrogens (tertiary/aromatic N) is 4. The second-order valence-corrected chi connectivity index (χ2v) is 5.58. The molecule has 1 aromatic rings. The molecule has 0 aromatic carbocycles. The Morgan fingerprint density at radius 1 is 1.39 bits per heavy atom. The number of anilines is 1. The van der Waals surface area contributed by atoms with E-state index >= 15 is 0 Å². The van der Waals surface area contributed by atoms with Gasteiger partial charge in [0.2, 0.25) is 11.8 Å². The molecule has 0 bridgehead atoms. The number of carbonyl (C=O) groups excluding carboxylic acids is 2. The van der Waals surface area contributed by atoms with E-state index in [-0.39, 0.29) is 43.2 Å². The van der Waals surface area contributed by atoms with Crippen LogP contribution in [-0.4, -0.2) is 68.6 Å². The first-order valence-corrected chi connectivity index (χ1v) is 7.35. The lowest BCUT2D eigenvalue weighted by molar-refractivity contribution is -0.158. The topological polar surface area (TPSA) is 127 Å². The van der Waals surface area contributed by atoms with Gasteiger partial charge in [0.25, 0.3) is 0 Å². The van der Waals surface area contributed by atoms with Crippen LogP contribution >= 0.6 is 0 Å². The van der Waals surface area contributed by atoms with Crippen LogP contribution in [0.2, 0.25) is 0 Å². The first kappa shape index (κ1) is 15.4. The van der Waals surface area contributed by atoms with Gasteiger partial charge in [-0.25, -0.2) is 9.48 Å². The van der Waals surface area contributed by atoms with Crippen molar-refractivity contribution in [1.29, 1.82) is 0 Å². The number of nitrogens with one attached hydrogen (secondary N) is 1. The van der Waals surface area contributed by atoms with Crippen molar-refractivity contribution >= 4 is 23.6 Å². The van der Waals surface area contributed by atoms with Crippen LogP contribution in [0.25, 0.3) is 0 Å². The Balaban J connectivity index is 1.59. The number of aromatic nitrogens is 3. The van der Waals surface area contributed by atoms with Gasteiger partial charge in [0.15, 0.2) is 11.9 Å². The van der Waals surface area contributed by atoms with Crippen molar-refractivity contribution in [3.63, 3.8) is 0 Å². The fraction of sp³-hybridized carbons (Fsp3) is 0.615. The lowest BCUT2D eigenvalue weighted by Gasteiger charge is -2.32.